The average Bonchev–Trinajstić information content (AvgIpc) is 2.73. The van der Waals surface area contributed by atoms with Crippen LogP contribution in [0.5, 0.6) is 0 Å². The Kier molecular flexibility index (Phi) is 3.14. The van der Waals surface area contributed by atoms with Gasteiger partial charge in [0.15, 0.2) is 0 Å². The van der Waals surface area contributed by atoms with Gasteiger partial charge in [-0.2, -0.15) is 0 Å². The number of hydrogen-bond acceptors (Lipinski definition) is 2. The number of benzene rings is 1. The number of halogens is 2. The van der Waals surface area contributed by atoms with E-state index in [1.165, 1.54) is 0 Å². The molecule has 0 unspecified atom stereocenters. The second kappa shape index (κ2) is 4.55. The van der Waals surface area contributed by atoms with Crippen molar-refractivity contribution in [3.05, 3.63) is 46.5 Å². The normalized spacial score (nSPS) is 10.3. The fourth-order valence-electron chi connectivity index (χ4n) is 1.19. The van der Waals surface area contributed by atoms with Crippen molar-refractivity contribution < 1.29 is 0 Å². The van der Waals surface area contributed by atoms with E-state index in [0.717, 1.165) is 11.5 Å². The molecule has 0 fully saturated rings. The van der Waals surface area contributed by atoms with Crippen LogP contribution >= 0.6 is 23.2 Å². The summed E-state index contributed by atoms with van der Waals surface area (Å²) in [6, 6.07) is 5.42. The van der Waals surface area contributed by atoms with Crippen LogP contribution in [0.3, 0.4) is 0 Å². The van der Waals surface area contributed by atoms with Crippen molar-refractivity contribution >= 4 is 28.9 Å². The lowest BCUT2D eigenvalue weighted by molar-refractivity contribution is 1.00. The summed E-state index contributed by atoms with van der Waals surface area (Å²) in [4.78, 5) is 7.09. The monoisotopic (exact) mass is 241 g/mol. The third kappa shape index (κ3) is 2.64. The first-order valence-corrected chi connectivity index (χ1v) is 5.18. The van der Waals surface area contributed by atoms with Crippen molar-refractivity contribution in [2.24, 2.45) is 0 Å². The highest BCUT2D eigenvalue weighted by Gasteiger charge is 1.99. The second-order valence-electron chi connectivity index (χ2n) is 3.02. The average molecular weight is 242 g/mol. The zero-order valence-electron chi connectivity index (χ0n) is 7.80. The Labute approximate surface area is 97.4 Å². The molecule has 2 N–H and O–H groups in total. The highest BCUT2D eigenvalue weighted by molar-refractivity contribution is 6.42. The van der Waals surface area contributed by atoms with Gasteiger partial charge in [0.25, 0.3) is 0 Å². The van der Waals surface area contributed by atoms with Crippen LogP contribution in [0.2, 0.25) is 10.0 Å². The lowest BCUT2D eigenvalue weighted by atomic mass is 10.3. The first-order valence-electron chi connectivity index (χ1n) is 4.43. The molecule has 0 radical (unpaired) electrons. The predicted molar refractivity (Wildman–Crippen MR) is 62.4 cm³/mol. The van der Waals surface area contributed by atoms with Crippen LogP contribution in [0, 0.1) is 0 Å². The second-order valence-corrected chi connectivity index (χ2v) is 3.83. The van der Waals surface area contributed by atoms with E-state index in [4.69, 9.17) is 23.2 Å². The summed E-state index contributed by atoms with van der Waals surface area (Å²) >= 11 is 11.7. The number of rotatable bonds is 3. The largest absolute Gasteiger partial charge is 0.378 e. The van der Waals surface area contributed by atoms with Gasteiger partial charge in [0.2, 0.25) is 0 Å². The fraction of sp³-hybridized carbons (Fsp3) is 0.100. The van der Waals surface area contributed by atoms with Crippen LogP contribution in [-0.2, 0) is 6.54 Å². The molecule has 1 heterocycles. The van der Waals surface area contributed by atoms with Crippen LogP contribution < -0.4 is 5.32 Å². The summed E-state index contributed by atoms with van der Waals surface area (Å²) in [5, 5.41) is 4.28. The Hall–Kier alpha value is -1.19. The summed E-state index contributed by atoms with van der Waals surface area (Å²) in [6.07, 6.45) is 3.50. The zero-order chi connectivity index (χ0) is 10.7. The summed E-state index contributed by atoms with van der Waals surface area (Å²) in [6.45, 7) is 0.630. The van der Waals surface area contributed by atoms with E-state index in [2.05, 4.69) is 15.3 Å². The SMILES string of the molecule is Clc1ccc(NCc2ncc[nH]2)cc1Cl. The summed E-state index contributed by atoms with van der Waals surface area (Å²) < 4.78 is 0. The van der Waals surface area contributed by atoms with Gasteiger partial charge in [-0.05, 0) is 18.2 Å². The molecule has 0 atom stereocenters. The van der Waals surface area contributed by atoms with Crippen molar-refractivity contribution in [1.82, 2.24) is 9.97 Å². The molecule has 1 aromatic carbocycles. The van der Waals surface area contributed by atoms with E-state index < -0.39 is 0 Å². The molecule has 0 saturated heterocycles. The molecule has 0 amide bonds. The minimum Gasteiger partial charge on any atom is -0.378 e. The number of nitrogens with one attached hydrogen (secondary N) is 2. The number of nitrogens with zero attached hydrogens (tertiary/aromatic N) is 1. The number of H-pyrrole nitrogens is 1. The van der Waals surface area contributed by atoms with E-state index in [1.54, 1.807) is 24.5 Å². The smallest absolute Gasteiger partial charge is 0.125 e. The molecule has 0 spiro atoms. The maximum Gasteiger partial charge on any atom is 0.125 e. The Morgan fingerprint density at radius 3 is 2.80 bits per heavy atom. The van der Waals surface area contributed by atoms with Crippen molar-refractivity contribution in [2.45, 2.75) is 6.54 Å². The molecule has 5 heteroatoms. The van der Waals surface area contributed by atoms with Crippen LogP contribution in [0.15, 0.2) is 30.6 Å². The molecule has 1 aromatic heterocycles. The van der Waals surface area contributed by atoms with Gasteiger partial charge in [0, 0.05) is 18.1 Å². The van der Waals surface area contributed by atoms with Crippen LogP contribution in [0.4, 0.5) is 5.69 Å². The Morgan fingerprint density at radius 1 is 1.27 bits per heavy atom. The standard InChI is InChI=1S/C10H9Cl2N3/c11-8-2-1-7(5-9(8)12)15-6-10-13-3-4-14-10/h1-5,15H,6H2,(H,13,14). The zero-order valence-corrected chi connectivity index (χ0v) is 9.31. The maximum atomic E-state index is 5.88. The molecule has 0 aliphatic carbocycles. The molecule has 3 nitrogen and oxygen atoms in total. The number of imidazole rings is 1. The highest BCUT2D eigenvalue weighted by atomic mass is 35.5. The van der Waals surface area contributed by atoms with Crippen molar-refractivity contribution in [1.29, 1.82) is 0 Å². The third-order valence-electron chi connectivity index (χ3n) is 1.93. The molecule has 15 heavy (non-hydrogen) atoms. The molecular weight excluding hydrogens is 233 g/mol. The lowest BCUT2D eigenvalue weighted by Gasteiger charge is -2.05. The minimum absolute atomic E-state index is 0.543. The lowest BCUT2D eigenvalue weighted by Crippen LogP contribution is -2.00. The molecule has 0 bridgehead atoms. The molecule has 78 valence electrons. The van der Waals surface area contributed by atoms with Crippen molar-refractivity contribution in [3.63, 3.8) is 0 Å². The first kappa shape index (κ1) is 10.3. The molecule has 0 aliphatic heterocycles. The number of anilines is 1. The van der Waals surface area contributed by atoms with Crippen LogP contribution in [0.1, 0.15) is 5.82 Å². The van der Waals surface area contributed by atoms with Gasteiger partial charge in [-0.1, -0.05) is 23.2 Å². The summed E-state index contributed by atoms with van der Waals surface area (Å²) in [5.41, 5.74) is 0.917. The Morgan fingerprint density at radius 2 is 2.13 bits per heavy atom. The van der Waals surface area contributed by atoms with E-state index in [1.807, 2.05) is 6.07 Å². The Balaban J connectivity index is 2.02. The first-order chi connectivity index (χ1) is 7.25. The number of aromatic nitrogens is 2. The maximum absolute atomic E-state index is 5.88. The van der Waals surface area contributed by atoms with Gasteiger partial charge in [-0.15, -0.1) is 0 Å². The van der Waals surface area contributed by atoms with Gasteiger partial charge in [0.1, 0.15) is 5.82 Å². The van der Waals surface area contributed by atoms with E-state index >= 15 is 0 Å². The highest BCUT2D eigenvalue weighted by Crippen LogP contribution is 2.25. The summed E-state index contributed by atoms with van der Waals surface area (Å²) in [5.74, 6) is 0.876. The fourth-order valence-corrected chi connectivity index (χ4v) is 1.48. The number of hydrogen-bond donors (Lipinski definition) is 2. The van der Waals surface area contributed by atoms with Crippen molar-refractivity contribution in [2.75, 3.05) is 5.32 Å². The van der Waals surface area contributed by atoms with E-state index in [-0.39, 0.29) is 0 Å². The van der Waals surface area contributed by atoms with Crippen molar-refractivity contribution in [3.8, 4) is 0 Å². The predicted octanol–water partition coefficient (Wildman–Crippen LogP) is 3.33. The topological polar surface area (TPSA) is 40.7 Å². The Bertz CT molecular complexity index is 440. The van der Waals surface area contributed by atoms with E-state index in [9.17, 15) is 0 Å². The molecule has 2 rings (SSSR count). The van der Waals surface area contributed by atoms with Gasteiger partial charge < -0.3 is 10.3 Å². The van der Waals surface area contributed by atoms with Gasteiger partial charge >= 0.3 is 0 Å². The third-order valence-corrected chi connectivity index (χ3v) is 2.67. The van der Waals surface area contributed by atoms with Crippen LogP contribution in [-0.4, -0.2) is 9.97 Å². The van der Waals surface area contributed by atoms with Gasteiger partial charge in [0.05, 0.1) is 16.6 Å². The molecular formula is C10H9Cl2N3. The van der Waals surface area contributed by atoms with E-state index in [0.29, 0.717) is 16.6 Å². The van der Waals surface area contributed by atoms with Gasteiger partial charge in [-0.25, -0.2) is 4.98 Å². The molecule has 2 aromatic rings. The summed E-state index contributed by atoms with van der Waals surface area (Å²) in [7, 11) is 0. The number of aromatic amines is 1. The molecule has 0 saturated carbocycles. The minimum atomic E-state index is 0.543. The van der Waals surface area contributed by atoms with Gasteiger partial charge in [-0.3, -0.25) is 0 Å². The quantitative estimate of drug-likeness (QED) is 0.866. The molecule has 0 aliphatic rings. The van der Waals surface area contributed by atoms with Crippen LogP contribution in [0.25, 0.3) is 0 Å².